The number of Topliss-reactive ketones (excluding diaryl/α,β-unsaturated/α-hetero) is 1. The van der Waals surface area contributed by atoms with Crippen LogP contribution in [0.4, 0.5) is 0 Å². The van der Waals surface area contributed by atoms with Gasteiger partial charge in [-0.25, -0.2) is 0 Å². The van der Waals surface area contributed by atoms with Crippen molar-refractivity contribution in [3.05, 3.63) is 62.9 Å². The van der Waals surface area contributed by atoms with Crippen LogP contribution in [-0.4, -0.2) is 15.5 Å². The quantitative estimate of drug-likeness (QED) is 0.857. The summed E-state index contributed by atoms with van der Waals surface area (Å²) >= 11 is 0. The Hall–Kier alpha value is -2.87. The number of ketones is 1. The standard InChI is InChI=1S/C19H20N2O3/c1-12(2)17(22)16-13(3)15(11-20)18(23)21(19(16)24)10-9-14-7-5-4-6-8-14/h4-8,12,24H,9-10H2,1-3H3. The number of hydrogen-bond donors (Lipinski definition) is 1. The van der Waals surface area contributed by atoms with Crippen LogP contribution in [0.3, 0.4) is 0 Å². The van der Waals surface area contributed by atoms with Gasteiger partial charge in [-0.3, -0.25) is 14.2 Å². The molecule has 24 heavy (non-hydrogen) atoms. The minimum absolute atomic E-state index is 0.0641. The summed E-state index contributed by atoms with van der Waals surface area (Å²) in [7, 11) is 0. The zero-order chi connectivity index (χ0) is 17.9. The first kappa shape index (κ1) is 17.5. The van der Waals surface area contributed by atoms with E-state index < -0.39 is 5.56 Å². The summed E-state index contributed by atoms with van der Waals surface area (Å²) in [5.74, 6) is -0.984. The number of hydrogen-bond acceptors (Lipinski definition) is 4. The average molecular weight is 324 g/mol. The van der Waals surface area contributed by atoms with E-state index in [-0.39, 0.29) is 40.8 Å². The van der Waals surface area contributed by atoms with Crippen LogP contribution < -0.4 is 5.56 Å². The van der Waals surface area contributed by atoms with Gasteiger partial charge in [0.15, 0.2) is 5.78 Å². The van der Waals surface area contributed by atoms with Crippen molar-refractivity contribution in [2.45, 2.75) is 33.7 Å². The highest BCUT2D eigenvalue weighted by atomic mass is 16.3. The summed E-state index contributed by atoms with van der Waals surface area (Å²) in [6.45, 7) is 5.15. The molecule has 1 aromatic carbocycles. The van der Waals surface area contributed by atoms with Gasteiger partial charge in [0.25, 0.3) is 5.56 Å². The van der Waals surface area contributed by atoms with E-state index in [9.17, 15) is 20.0 Å². The van der Waals surface area contributed by atoms with E-state index in [1.54, 1.807) is 13.8 Å². The van der Waals surface area contributed by atoms with Gasteiger partial charge in [-0.1, -0.05) is 44.2 Å². The second-order valence-corrected chi connectivity index (χ2v) is 6.02. The highest BCUT2D eigenvalue weighted by Crippen LogP contribution is 2.25. The van der Waals surface area contributed by atoms with Crippen molar-refractivity contribution in [1.82, 2.24) is 4.57 Å². The SMILES string of the molecule is Cc1c(C(=O)C(C)C)c(O)n(CCc2ccccc2)c(=O)c1C#N. The van der Waals surface area contributed by atoms with Gasteiger partial charge in [0.05, 0.1) is 5.56 Å². The molecule has 124 valence electrons. The van der Waals surface area contributed by atoms with Crippen LogP contribution in [0.25, 0.3) is 0 Å². The lowest BCUT2D eigenvalue weighted by Gasteiger charge is -2.16. The van der Waals surface area contributed by atoms with Gasteiger partial charge in [-0.2, -0.15) is 5.26 Å². The minimum Gasteiger partial charge on any atom is -0.494 e. The predicted octanol–water partition coefficient (Wildman–Crippen LogP) is 2.82. The Bertz CT molecular complexity index is 859. The van der Waals surface area contributed by atoms with E-state index >= 15 is 0 Å². The monoisotopic (exact) mass is 324 g/mol. The number of nitriles is 1. The maximum Gasteiger partial charge on any atom is 0.271 e. The molecule has 1 aromatic heterocycles. The van der Waals surface area contributed by atoms with Crippen molar-refractivity contribution in [2.24, 2.45) is 5.92 Å². The number of pyridine rings is 1. The Kier molecular flexibility index (Phi) is 5.20. The molecule has 1 N–H and O–H groups in total. The largest absolute Gasteiger partial charge is 0.494 e. The van der Waals surface area contributed by atoms with Gasteiger partial charge in [-0.15, -0.1) is 0 Å². The Morgan fingerprint density at radius 2 is 1.92 bits per heavy atom. The molecule has 0 saturated heterocycles. The third kappa shape index (κ3) is 3.23. The molecule has 2 rings (SSSR count). The fourth-order valence-corrected chi connectivity index (χ4v) is 2.63. The molecule has 2 aromatic rings. The topological polar surface area (TPSA) is 83.1 Å². The Morgan fingerprint density at radius 1 is 1.29 bits per heavy atom. The summed E-state index contributed by atoms with van der Waals surface area (Å²) in [6, 6.07) is 11.4. The molecule has 5 heteroatoms. The lowest BCUT2D eigenvalue weighted by molar-refractivity contribution is 0.0934. The lowest BCUT2D eigenvalue weighted by Crippen LogP contribution is -2.28. The number of carbonyl (C=O) groups excluding carboxylic acids is 1. The normalized spacial score (nSPS) is 10.6. The summed E-state index contributed by atoms with van der Waals surface area (Å²) in [5, 5.41) is 19.8. The summed E-state index contributed by atoms with van der Waals surface area (Å²) < 4.78 is 1.12. The second-order valence-electron chi connectivity index (χ2n) is 6.02. The van der Waals surface area contributed by atoms with Crippen LogP contribution in [0, 0.1) is 24.2 Å². The number of aryl methyl sites for hydroxylation is 1. The fraction of sp³-hybridized carbons (Fsp3) is 0.316. The smallest absolute Gasteiger partial charge is 0.271 e. The molecule has 0 spiro atoms. The van der Waals surface area contributed by atoms with Crippen LogP contribution >= 0.6 is 0 Å². The van der Waals surface area contributed by atoms with Crippen molar-refractivity contribution in [2.75, 3.05) is 0 Å². The summed E-state index contributed by atoms with van der Waals surface area (Å²) in [5.41, 5.74) is 0.650. The Morgan fingerprint density at radius 3 is 2.46 bits per heavy atom. The lowest BCUT2D eigenvalue weighted by atomic mass is 9.95. The van der Waals surface area contributed by atoms with Crippen LogP contribution in [0.2, 0.25) is 0 Å². The number of aromatic nitrogens is 1. The molecule has 1 heterocycles. The van der Waals surface area contributed by atoms with Crippen LogP contribution in [0.15, 0.2) is 35.1 Å². The zero-order valence-corrected chi connectivity index (χ0v) is 14.0. The van der Waals surface area contributed by atoms with E-state index in [4.69, 9.17) is 0 Å². The third-order valence-electron chi connectivity index (χ3n) is 4.04. The van der Waals surface area contributed by atoms with E-state index in [0.29, 0.717) is 6.42 Å². The van der Waals surface area contributed by atoms with E-state index in [1.807, 2.05) is 36.4 Å². The van der Waals surface area contributed by atoms with Crippen LogP contribution in [0.1, 0.15) is 40.9 Å². The molecule has 5 nitrogen and oxygen atoms in total. The number of carbonyl (C=O) groups is 1. The molecule has 0 saturated carbocycles. The van der Waals surface area contributed by atoms with Gasteiger partial charge in [0, 0.05) is 12.5 Å². The molecular formula is C19H20N2O3. The summed E-state index contributed by atoms with van der Waals surface area (Å²) in [4.78, 5) is 24.9. The highest BCUT2D eigenvalue weighted by Gasteiger charge is 2.25. The predicted molar refractivity (Wildman–Crippen MR) is 91.1 cm³/mol. The van der Waals surface area contributed by atoms with Gasteiger partial charge in [-0.05, 0) is 24.5 Å². The first-order valence-electron chi connectivity index (χ1n) is 7.83. The number of aromatic hydroxyl groups is 1. The molecule has 0 atom stereocenters. The molecule has 0 aliphatic rings. The van der Waals surface area contributed by atoms with Crippen molar-refractivity contribution >= 4 is 5.78 Å². The fourth-order valence-electron chi connectivity index (χ4n) is 2.63. The Labute approximate surface area is 140 Å². The molecule has 0 unspecified atom stereocenters. The first-order chi connectivity index (χ1) is 11.4. The van der Waals surface area contributed by atoms with Crippen molar-refractivity contribution in [3.8, 4) is 11.9 Å². The van der Waals surface area contributed by atoms with Gasteiger partial charge in [0.2, 0.25) is 5.88 Å². The molecular weight excluding hydrogens is 304 g/mol. The number of rotatable bonds is 5. The molecule has 0 amide bonds. The molecule has 0 aliphatic carbocycles. The summed E-state index contributed by atoms with van der Waals surface area (Å²) in [6.07, 6.45) is 0.511. The number of nitrogens with zero attached hydrogens (tertiary/aromatic N) is 2. The average Bonchev–Trinajstić information content (AvgIpc) is 2.55. The van der Waals surface area contributed by atoms with Gasteiger partial charge >= 0.3 is 0 Å². The van der Waals surface area contributed by atoms with Gasteiger partial charge < -0.3 is 5.11 Å². The molecule has 0 fully saturated rings. The second kappa shape index (κ2) is 7.14. The molecule has 0 aliphatic heterocycles. The maximum atomic E-state index is 12.5. The van der Waals surface area contributed by atoms with Crippen molar-refractivity contribution in [1.29, 1.82) is 5.26 Å². The first-order valence-corrected chi connectivity index (χ1v) is 7.83. The van der Waals surface area contributed by atoms with Gasteiger partial charge in [0.1, 0.15) is 11.6 Å². The molecule has 0 bridgehead atoms. The van der Waals surface area contributed by atoms with E-state index in [0.717, 1.165) is 10.1 Å². The highest BCUT2D eigenvalue weighted by molar-refractivity contribution is 6.01. The Balaban J connectivity index is 2.55. The molecule has 0 radical (unpaired) electrons. The number of benzene rings is 1. The van der Waals surface area contributed by atoms with Crippen molar-refractivity contribution in [3.63, 3.8) is 0 Å². The van der Waals surface area contributed by atoms with Crippen LogP contribution in [-0.2, 0) is 13.0 Å². The van der Waals surface area contributed by atoms with Crippen molar-refractivity contribution < 1.29 is 9.90 Å². The minimum atomic E-state index is -0.566. The van der Waals surface area contributed by atoms with E-state index in [2.05, 4.69) is 0 Å². The van der Waals surface area contributed by atoms with E-state index in [1.165, 1.54) is 6.92 Å². The third-order valence-corrected chi connectivity index (χ3v) is 4.04. The maximum absolute atomic E-state index is 12.5. The zero-order valence-electron chi connectivity index (χ0n) is 14.0. The van der Waals surface area contributed by atoms with Crippen LogP contribution in [0.5, 0.6) is 5.88 Å².